The Morgan fingerprint density at radius 3 is 2.53 bits per heavy atom. The molecule has 15 heavy (non-hydrogen) atoms. The molecular formula is C9H4BrF2NO2. The van der Waals surface area contributed by atoms with Crippen molar-refractivity contribution in [3.05, 3.63) is 33.3 Å². The minimum absolute atomic E-state index is 0.154. The first kappa shape index (κ1) is 11.6. The first-order valence-corrected chi connectivity index (χ1v) is 4.52. The molecule has 1 aromatic carbocycles. The Balaban J connectivity index is 3.51. The number of aromatic carboxylic acids is 1. The molecule has 6 heteroatoms. The van der Waals surface area contributed by atoms with E-state index in [0.717, 1.165) is 12.1 Å². The van der Waals surface area contributed by atoms with Gasteiger partial charge in [0.1, 0.15) is 6.07 Å². The van der Waals surface area contributed by atoms with Crippen LogP contribution in [0.3, 0.4) is 0 Å². The predicted molar refractivity (Wildman–Crippen MR) is 50.8 cm³/mol. The van der Waals surface area contributed by atoms with Crippen LogP contribution < -0.4 is 0 Å². The summed E-state index contributed by atoms with van der Waals surface area (Å²) in [5.41, 5.74) is -1.03. The third-order valence-electron chi connectivity index (χ3n) is 1.74. The Labute approximate surface area is 92.1 Å². The largest absolute Gasteiger partial charge is 0.478 e. The highest BCUT2D eigenvalue weighted by atomic mass is 79.9. The SMILES string of the molecule is N#Cc1ccc(C(F)F)c(Br)c1C(=O)O. The second-order valence-electron chi connectivity index (χ2n) is 2.61. The van der Waals surface area contributed by atoms with Crippen molar-refractivity contribution >= 4 is 21.9 Å². The molecule has 0 unspecified atom stereocenters. The fourth-order valence-electron chi connectivity index (χ4n) is 1.06. The summed E-state index contributed by atoms with van der Waals surface area (Å²) in [4.78, 5) is 10.8. The number of hydrogen-bond acceptors (Lipinski definition) is 2. The van der Waals surface area contributed by atoms with E-state index in [1.807, 2.05) is 0 Å². The minimum atomic E-state index is -2.79. The monoisotopic (exact) mass is 275 g/mol. The van der Waals surface area contributed by atoms with Crippen LogP contribution in [0.2, 0.25) is 0 Å². The summed E-state index contributed by atoms with van der Waals surface area (Å²) in [6, 6.07) is 3.72. The van der Waals surface area contributed by atoms with Crippen molar-refractivity contribution in [2.75, 3.05) is 0 Å². The molecule has 1 aromatic rings. The first-order valence-electron chi connectivity index (χ1n) is 3.73. The predicted octanol–water partition coefficient (Wildman–Crippen LogP) is 2.96. The lowest BCUT2D eigenvalue weighted by Crippen LogP contribution is -2.04. The zero-order valence-electron chi connectivity index (χ0n) is 7.17. The third-order valence-corrected chi connectivity index (χ3v) is 2.60. The number of carboxylic acids is 1. The van der Waals surface area contributed by atoms with E-state index in [9.17, 15) is 13.6 Å². The van der Waals surface area contributed by atoms with Gasteiger partial charge in [0, 0.05) is 10.0 Å². The average molecular weight is 276 g/mol. The zero-order valence-corrected chi connectivity index (χ0v) is 8.75. The normalized spacial score (nSPS) is 10.1. The van der Waals surface area contributed by atoms with E-state index in [-0.39, 0.29) is 10.0 Å². The van der Waals surface area contributed by atoms with E-state index in [2.05, 4.69) is 15.9 Å². The topological polar surface area (TPSA) is 61.1 Å². The fraction of sp³-hybridized carbons (Fsp3) is 0.111. The first-order chi connectivity index (χ1) is 6.99. The molecule has 1 N–H and O–H groups in total. The van der Waals surface area contributed by atoms with Crippen LogP contribution in [0.1, 0.15) is 27.9 Å². The lowest BCUT2D eigenvalue weighted by atomic mass is 10.1. The van der Waals surface area contributed by atoms with Gasteiger partial charge in [0.25, 0.3) is 6.43 Å². The van der Waals surface area contributed by atoms with Crippen LogP contribution in [0.4, 0.5) is 8.78 Å². The second-order valence-corrected chi connectivity index (χ2v) is 3.40. The van der Waals surface area contributed by atoms with Gasteiger partial charge in [-0.2, -0.15) is 5.26 Å². The van der Waals surface area contributed by atoms with Crippen molar-refractivity contribution in [1.82, 2.24) is 0 Å². The van der Waals surface area contributed by atoms with Crippen LogP contribution >= 0.6 is 15.9 Å². The molecule has 0 amide bonds. The quantitative estimate of drug-likeness (QED) is 0.903. The number of hydrogen-bond donors (Lipinski definition) is 1. The van der Waals surface area contributed by atoms with E-state index in [0.29, 0.717) is 0 Å². The van der Waals surface area contributed by atoms with E-state index in [1.54, 1.807) is 6.07 Å². The molecule has 0 radical (unpaired) electrons. The minimum Gasteiger partial charge on any atom is -0.478 e. The Morgan fingerprint density at radius 2 is 2.13 bits per heavy atom. The summed E-state index contributed by atoms with van der Waals surface area (Å²) in [5.74, 6) is -1.42. The molecule has 0 bridgehead atoms. The number of rotatable bonds is 2. The summed E-state index contributed by atoms with van der Waals surface area (Å²) in [5, 5.41) is 17.4. The van der Waals surface area contributed by atoms with E-state index >= 15 is 0 Å². The number of nitriles is 1. The smallest absolute Gasteiger partial charge is 0.338 e. The number of benzene rings is 1. The number of carbonyl (C=O) groups is 1. The van der Waals surface area contributed by atoms with Crippen molar-refractivity contribution in [2.45, 2.75) is 6.43 Å². The Kier molecular flexibility index (Phi) is 3.37. The fourth-order valence-corrected chi connectivity index (χ4v) is 1.75. The molecule has 1 rings (SSSR count). The maximum Gasteiger partial charge on any atom is 0.338 e. The van der Waals surface area contributed by atoms with Gasteiger partial charge < -0.3 is 5.11 Å². The van der Waals surface area contributed by atoms with Gasteiger partial charge in [-0.05, 0) is 22.0 Å². The average Bonchev–Trinajstić information content (AvgIpc) is 2.15. The van der Waals surface area contributed by atoms with Crippen LogP contribution in [-0.2, 0) is 0 Å². The summed E-state index contributed by atoms with van der Waals surface area (Å²) in [7, 11) is 0. The number of carboxylic acid groups (broad SMARTS) is 1. The molecule has 0 heterocycles. The third kappa shape index (κ3) is 2.13. The van der Waals surface area contributed by atoms with Crippen molar-refractivity contribution in [3.63, 3.8) is 0 Å². The number of halogens is 3. The molecule has 3 nitrogen and oxygen atoms in total. The summed E-state index contributed by atoms with van der Waals surface area (Å²) in [6.07, 6.45) is -2.79. The maximum absolute atomic E-state index is 12.4. The van der Waals surface area contributed by atoms with Crippen LogP contribution in [0.15, 0.2) is 16.6 Å². The van der Waals surface area contributed by atoms with Gasteiger partial charge in [-0.3, -0.25) is 0 Å². The molecule has 0 aliphatic rings. The van der Waals surface area contributed by atoms with Gasteiger partial charge in [-0.1, -0.05) is 6.07 Å². The number of alkyl halides is 2. The molecule has 0 aliphatic carbocycles. The molecule has 0 saturated heterocycles. The summed E-state index contributed by atoms with van der Waals surface area (Å²) >= 11 is 2.76. The van der Waals surface area contributed by atoms with Gasteiger partial charge >= 0.3 is 5.97 Å². The van der Waals surface area contributed by atoms with Gasteiger partial charge in [-0.15, -0.1) is 0 Å². The maximum atomic E-state index is 12.4. The van der Waals surface area contributed by atoms with Crippen molar-refractivity contribution in [3.8, 4) is 6.07 Å². The molecular weight excluding hydrogens is 272 g/mol. The van der Waals surface area contributed by atoms with Crippen LogP contribution in [0.5, 0.6) is 0 Å². The molecule has 78 valence electrons. The van der Waals surface area contributed by atoms with Crippen LogP contribution in [0, 0.1) is 11.3 Å². The zero-order chi connectivity index (χ0) is 11.6. The van der Waals surface area contributed by atoms with E-state index in [1.165, 1.54) is 0 Å². The summed E-state index contributed by atoms with van der Waals surface area (Å²) < 4.78 is 24.6. The standard InChI is InChI=1S/C9H4BrF2NO2/c10-7-5(8(11)12)2-1-4(3-13)6(7)9(14)15/h1-2,8H,(H,14,15). The molecule has 0 aromatic heterocycles. The van der Waals surface area contributed by atoms with Gasteiger partial charge in [0.15, 0.2) is 0 Å². The van der Waals surface area contributed by atoms with E-state index in [4.69, 9.17) is 10.4 Å². The van der Waals surface area contributed by atoms with Crippen LogP contribution in [0.25, 0.3) is 0 Å². The molecule has 0 atom stereocenters. The molecule has 0 aliphatic heterocycles. The number of nitrogens with zero attached hydrogens (tertiary/aromatic N) is 1. The lowest BCUT2D eigenvalue weighted by molar-refractivity contribution is 0.0695. The van der Waals surface area contributed by atoms with Crippen molar-refractivity contribution in [2.24, 2.45) is 0 Å². The van der Waals surface area contributed by atoms with Gasteiger partial charge in [0.2, 0.25) is 0 Å². The Morgan fingerprint density at radius 1 is 1.53 bits per heavy atom. The van der Waals surface area contributed by atoms with Crippen molar-refractivity contribution < 1.29 is 18.7 Å². The second kappa shape index (κ2) is 4.36. The summed E-state index contributed by atoms with van der Waals surface area (Å²) in [6.45, 7) is 0. The highest BCUT2D eigenvalue weighted by Gasteiger charge is 2.21. The Bertz CT molecular complexity index is 454. The highest BCUT2D eigenvalue weighted by Crippen LogP contribution is 2.31. The van der Waals surface area contributed by atoms with Gasteiger partial charge in [0.05, 0.1) is 11.1 Å². The molecule has 0 spiro atoms. The van der Waals surface area contributed by atoms with Gasteiger partial charge in [-0.25, -0.2) is 13.6 Å². The highest BCUT2D eigenvalue weighted by molar-refractivity contribution is 9.10. The van der Waals surface area contributed by atoms with E-state index < -0.39 is 23.5 Å². The lowest BCUT2D eigenvalue weighted by Gasteiger charge is -2.07. The molecule has 0 saturated carbocycles. The van der Waals surface area contributed by atoms with Crippen LogP contribution in [-0.4, -0.2) is 11.1 Å². The Hall–Kier alpha value is -1.48. The molecule has 0 fully saturated rings. The van der Waals surface area contributed by atoms with Crippen molar-refractivity contribution in [1.29, 1.82) is 5.26 Å².